The lowest BCUT2D eigenvalue weighted by molar-refractivity contribution is 0.0526. The zero-order valence-corrected chi connectivity index (χ0v) is 15.0. The van der Waals surface area contributed by atoms with E-state index in [-0.39, 0.29) is 6.79 Å². The highest BCUT2D eigenvalue weighted by atomic mass is 16.7. The van der Waals surface area contributed by atoms with Crippen LogP contribution in [0.1, 0.15) is 5.56 Å². The van der Waals surface area contributed by atoms with E-state index in [0.29, 0.717) is 0 Å². The van der Waals surface area contributed by atoms with Gasteiger partial charge in [-0.1, -0.05) is 18.2 Å². The number of benzene rings is 3. The van der Waals surface area contributed by atoms with E-state index in [9.17, 15) is 0 Å². The molecule has 0 saturated carbocycles. The van der Waals surface area contributed by atoms with Crippen molar-refractivity contribution in [1.82, 2.24) is 0 Å². The third kappa shape index (κ3) is 3.39. The van der Waals surface area contributed by atoms with Crippen molar-refractivity contribution < 1.29 is 18.9 Å². The molecule has 0 amide bonds. The number of hydrogen-bond acceptors (Lipinski definition) is 4. The maximum Gasteiger partial charge on any atom is 0.188 e. The Labute approximate surface area is 147 Å². The Morgan fingerprint density at radius 2 is 1.48 bits per heavy atom. The maximum atomic E-state index is 5.97. The topological polar surface area (TPSA) is 36.9 Å². The van der Waals surface area contributed by atoms with Gasteiger partial charge in [0.05, 0.1) is 14.2 Å². The van der Waals surface area contributed by atoms with Crippen LogP contribution in [0.4, 0.5) is 0 Å². The normalized spacial score (nSPS) is 10.7. The highest BCUT2D eigenvalue weighted by Crippen LogP contribution is 2.41. The third-order valence-corrected chi connectivity index (χ3v) is 4.20. The van der Waals surface area contributed by atoms with Gasteiger partial charge in [0.1, 0.15) is 17.2 Å². The van der Waals surface area contributed by atoms with E-state index in [0.717, 1.165) is 44.7 Å². The highest BCUT2D eigenvalue weighted by molar-refractivity contribution is 5.97. The van der Waals surface area contributed by atoms with Crippen LogP contribution in [0.3, 0.4) is 0 Å². The Balaban J connectivity index is 2.22. The first-order valence-corrected chi connectivity index (χ1v) is 8.05. The highest BCUT2D eigenvalue weighted by Gasteiger charge is 2.15. The second-order valence-corrected chi connectivity index (χ2v) is 5.76. The van der Waals surface area contributed by atoms with Crippen molar-refractivity contribution in [3.05, 3.63) is 54.1 Å². The molecule has 3 rings (SSSR count). The maximum absolute atomic E-state index is 5.97. The second-order valence-electron chi connectivity index (χ2n) is 5.76. The fraction of sp³-hybridized carbons (Fsp3) is 0.238. The molecule has 0 fully saturated rings. The summed E-state index contributed by atoms with van der Waals surface area (Å²) < 4.78 is 21.7. The Kier molecular flexibility index (Phi) is 5.10. The third-order valence-electron chi connectivity index (χ3n) is 4.20. The smallest absolute Gasteiger partial charge is 0.188 e. The Morgan fingerprint density at radius 3 is 2.12 bits per heavy atom. The molecule has 130 valence electrons. The van der Waals surface area contributed by atoms with Crippen molar-refractivity contribution in [2.45, 2.75) is 6.92 Å². The monoisotopic (exact) mass is 338 g/mol. The standard InChI is InChI=1S/C21H22O4/c1-14-11-16-12-18(24-4)9-10-19(16)21(25-13-22-2)20(14)15-5-7-17(23-3)8-6-15/h5-12H,13H2,1-4H3. The van der Waals surface area contributed by atoms with Crippen LogP contribution in [0.2, 0.25) is 0 Å². The van der Waals surface area contributed by atoms with Crippen molar-refractivity contribution in [2.75, 3.05) is 28.1 Å². The number of methoxy groups -OCH3 is 3. The molecule has 0 aliphatic heterocycles. The minimum absolute atomic E-state index is 0.188. The summed E-state index contributed by atoms with van der Waals surface area (Å²) in [4.78, 5) is 0. The Morgan fingerprint density at radius 1 is 0.800 bits per heavy atom. The zero-order valence-electron chi connectivity index (χ0n) is 15.0. The number of ether oxygens (including phenoxy) is 4. The molecule has 0 N–H and O–H groups in total. The quantitative estimate of drug-likeness (QED) is 0.604. The molecule has 0 radical (unpaired) electrons. The molecular formula is C21H22O4. The molecule has 3 aromatic rings. The first kappa shape index (κ1) is 17.1. The van der Waals surface area contributed by atoms with Crippen molar-refractivity contribution in [1.29, 1.82) is 0 Å². The van der Waals surface area contributed by atoms with Crippen LogP contribution >= 0.6 is 0 Å². The van der Waals surface area contributed by atoms with Crippen molar-refractivity contribution in [2.24, 2.45) is 0 Å². The zero-order chi connectivity index (χ0) is 17.8. The molecule has 4 heteroatoms. The van der Waals surface area contributed by atoms with E-state index in [2.05, 4.69) is 13.0 Å². The molecule has 25 heavy (non-hydrogen) atoms. The van der Waals surface area contributed by atoms with Crippen LogP contribution in [-0.2, 0) is 4.74 Å². The van der Waals surface area contributed by atoms with E-state index >= 15 is 0 Å². The van der Waals surface area contributed by atoms with Gasteiger partial charge in [-0.05, 0) is 53.8 Å². The lowest BCUT2D eigenvalue weighted by Crippen LogP contribution is -2.02. The van der Waals surface area contributed by atoms with Gasteiger partial charge in [0, 0.05) is 18.1 Å². The SMILES string of the molecule is COCOc1c(-c2ccc(OC)cc2)c(C)cc2cc(OC)ccc12. The van der Waals surface area contributed by atoms with Crippen molar-refractivity contribution >= 4 is 10.8 Å². The summed E-state index contributed by atoms with van der Waals surface area (Å²) in [5, 5.41) is 2.09. The summed E-state index contributed by atoms with van der Waals surface area (Å²) in [6.07, 6.45) is 0. The van der Waals surface area contributed by atoms with Gasteiger partial charge in [-0.3, -0.25) is 0 Å². The number of rotatable bonds is 6. The molecule has 0 unspecified atom stereocenters. The first-order valence-electron chi connectivity index (χ1n) is 8.05. The minimum atomic E-state index is 0.188. The molecule has 0 spiro atoms. The predicted octanol–water partition coefficient (Wildman–Crippen LogP) is 4.82. The molecule has 0 aliphatic carbocycles. The number of aryl methyl sites for hydroxylation is 1. The first-order chi connectivity index (χ1) is 12.2. The summed E-state index contributed by atoms with van der Waals surface area (Å²) in [5.74, 6) is 2.46. The van der Waals surface area contributed by atoms with Gasteiger partial charge in [-0.25, -0.2) is 0 Å². The van der Waals surface area contributed by atoms with E-state index in [4.69, 9.17) is 18.9 Å². The van der Waals surface area contributed by atoms with Crippen LogP contribution in [-0.4, -0.2) is 28.1 Å². The fourth-order valence-corrected chi connectivity index (χ4v) is 3.00. The summed E-state index contributed by atoms with van der Waals surface area (Å²) in [6, 6.07) is 16.1. The van der Waals surface area contributed by atoms with E-state index < -0.39 is 0 Å². The average molecular weight is 338 g/mol. The van der Waals surface area contributed by atoms with Gasteiger partial charge in [0.2, 0.25) is 0 Å². The number of fused-ring (bicyclic) bond motifs is 1. The van der Waals surface area contributed by atoms with Gasteiger partial charge in [-0.15, -0.1) is 0 Å². The van der Waals surface area contributed by atoms with Gasteiger partial charge < -0.3 is 18.9 Å². The molecule has 3 aromatic carbocycles. The number of hydrogen-bond donors (Lipinski definition) is 0. The lowest BCUT2D eigenvalue weighted by Gasteiger charge is -2.17. The van der Waals surface area contributed by atoms with Crippen LogP contribution in [0.5, 0.6) is 17.2 Å². The molecular weight excluding hydrogens is 316 g/mol. The summed E-state index contributed by atoms with van der Waals surface area (Å²) in [5.41, 5.74) is 3.25. The lowest BCUT2D eigenvalue weighted by atomic mass is 9.94. The van der Waals surface area contributed by atoms with Crippen molar-refractivity contribution in [3.8, 4) is 28.4 Å². The van der Waals surface area contributed by atoms with Crippen LogP contribution in [0.25, 0.3) is 21.9 Å². The van der Waals surface area contributed by atoms with Gasteiger partial charge in [0.25, 0.3) is 0 Å². The molecule has 0 aliphatic rings. The second kappa shape index (κ2) is 7.45. The van der Waals surface area contributed by atoms with E-state index in [1.165, 1.54) is 0 Å². The summed E-state index contributed by atoms with van der Waals surface area (Å²) >= 11 is 0. The molecule has 0 bridgehead atoms. The molecule has 0 saturated heterocycles. The summed E-state index contributed by atoms with van der Waals surface area (Å²) in [6.45, 7) is 2.27. The average Bonchev–Trinajstić information content (AvgIpc) is 2.65. The molecule has 0 heterocycles. The summed E-state index contributed by atoms with van der Waals surface area (Å²) in [7, 11) is 4.95. The van der Waals surface area contributed by atoms with Crippen molar-refractivity contribution in [3.63, 3.8) is 0 Å². The largest absolute Gasteiger partial charge is 0.497 e. The molecule has 0 aromatic heterocycles. The van der Waals surface area contributed by atoms with E-state index in [1.807, 2.05) is 42.5 Å². The molecule has 4 nitrogen and oxygen atoms in total. The van der Waals surface area contributed by atoms with Gasteiger partial charge in [0.15, 0.2) is 6.79 Å². The van der Waals surface area contributed by atoms with E-state index in [1.54, 1.807) is 21.3 Å². The Bertz CT molecular complexity index is 869. The predicted molar refractivity (Wildman–Crippen MR) is 99.7 cm³/mol. The van der Waals surface area contributed by atoms with Crippen LogP contribution in [0.15, 0.2) is 48.5 Å². The van der Waals surface area contributed by atoms with Gasteiger partial charge in [-0.2, -0.15) is 0 Å². The minimum Gasteiger partial charge on any atom is -0.497 e. The molecule has 0 atom stereocenters. The van der Waals surface area contributed by atoms with Gasteiger partial charge >= 0.3 is 0 Å². The van der Waals surface area contributed by atoms with Crippen LogP contribution < -0.4 is 14.2 Å². The fourth-order valence-electron chi connectivity index (χ4n) is 3.00. The van der Waals surface area contributed by atoms with Crippen LogP contribution in [0, 0.1) is 6.92 Å². The Hall–Kier alpha value is -2.72.